The molecule has 1 aliphatic rings. The average molecular weight is 392 g/mol. The number of rotatable bonds is 6. The molecule has 0 saturated heterocycles. The average Bonchev–Trinajstić information content (AvgIpc) is 3.12. The lowest BCUT2D eigenvalue weighted by Crippen LogP contribution is -2.27. The fraction of sp³-hybridized carbons (Fsp3) is 0.375. The maximum atomic E-state index is 6.03. The van der Waals surface area contributed by atoms with Crippen molar-refractivity contribution in [2.24, 2.45) is 0 Å². The van der Waals surface area contributed by atoms with E-state index in [1.54, 1.807) is 14.2 Å². The van der Waals surface area contributed by atoms with Crippen LogP contribution in [0.15, 0.2) is 46.9 Å². The predicted molar refractivity (Wildman–Crippen MR) is 113 cm³/mol. The summed E-state index contributed by atoms with van der Waals surface area (Å²) in [7, 11) is 5.43. The summed E-state index contributed by atoms with van der Waals surface area (Å²) < 4.78 is 17.0. The highest BCUT2D eigenvalue weighted by Crippen LogP contribution is 2.39. The van der Waals surface area contributed by atoms with Crippen molar-refractivity contribution in [2.75, 3.05) is 21.3 Å². The minimum Gasteiger partial charge on any atom is -0.493 e. The molecule has 1 aliphatic carbocycles. The summed E-state index contributed by atoms with van der Waals surface area (Å²) in [4.78, 5) is 7.20. The zero-order valence-corrected chi connectivity index (χ0v) is 17.6. The molecule has 0 saturated carbocycles. The van der Waals surface area contributed by atoms with E-state index < -0.39 is 0 Å². The third kappa shape index (κ3) is 3.75. The first kappa shape index (κ1) is 19.5. The number of hydrogen-bond donors (Lipinski definition) is 0. The lowest BCUT2D eigenvalue weighted by molar-refractivity contribution is 0.210. The van der Waals surface area contributed by atoms with Crippen molar-refractivity contribution in [1.29, 1.82) is 0 Å². The van der Waals surface area contributed by atoms with Gasteiger partial charge in [0.1, 0.15) is 5.76 Å². The van der Waals surface area contributed by atoms with Gasteiger partial charge in [-0.15, -0.1) is 0 Å². The van der Waals surface area contributed by atoms with Crippen LogP contribution in [0.1, 0.15) is 41.5 Å². The molecule has 1 aromatic heterocycles. The van der Waals surface area contributed by atoms with E-state index in [4.69, 9.17) is 18.9 Å². The predicted octanol–water partition coefficient (Wildman–Crippen LogP) is 5.18. The van der Waals surface area contributed by atoms with Gasteiger partial charge >= 0.3 is 0 Å². The Morgan fingerprint density at radius 1 is 1.10 bits per heavy atom. The molecule has 0 fully saturated rings. The summed E-state index contributed by atoms with van der Waals surface area (Å²) >= 11 is 0. The van der Waals surface area contributed by atoms with Gasteiger partial charge in [0.05, 0.1) is 25.5 Å². The van der Waals surface area contributed by atoms with E-state index in [1.807, 2.05) is 25.1 Å². The molecule has 1 heterocycles. The molecule has 152 valence electrons. The Morgan fingerprint density at radius 2 is 1.93 bits per heavy atom. The maximum Gasteiger partial charge on any atom is 0.230 e. The number of aryl methyl sites for hydroxylation is 2. The molecule has 0 aliphatic heterocycles. The van der Waals surface area contributed by atoms with Gasteiger partial charge in [0.2, 0.25) is 5.89 Å². The molecule has 0 bridgehead atoms. The van der Waals surface area contributed by atoms with Crippen molar-refractivity contribution in [3.05, 3.63) is 65.0 Å². The topological polar surface area (TPSA) is 47.7 Å². The second kappa shape index (κ2) is 8.29. The van der Waals surface area contributed by atoms with Crippen molar-refractivity contribution in [1.82, 2.24) is 9.88 Å². The molecule has 5 heteroatoms. The minimum atomic E-state index is 0.408. The van der Waals surface area contributed by atoms with Crippen LogP contribution in [0.3, 0.4) is 0 Å². The fourth-order valence-corrected chi connectivity index (χ4v) is 4.28. The Labute approximate surface area is 172 Å². The first-order valence-corrected chi connectivity index (χ1v) is 10.1. The minimum absolute atomic E-state index is 0.408. The van der Waals surface area contributed by atoms with Crippen LogP contribution in [0.2, 0.25) is 0 Å². The maximum absolute atomic E-state index is 6.03. The summed E-state index contributed by atoms with van der Waals surface area (Å²) in [6, 6.07) is 14.9. The van der Waals surface area contributed by atoms with Crippen molar-refractivity contribution >= 4 is 0 Å². The van der Waals surface area contributed by atoms with Gasteiger partial charge in [-0.3, -0.25) is 4.90 Å². The molecule has 29 heavy (non-hydrogen) atoms. The molecular weight excluding hydrogens is 364 g/mol. The third-order valence-electron chi connectivity index (χ3n) is 5.80. The molecule has 5 nitrogen and oxygen atoms in total. The largest absolute Gasteiger partial charge is 0.493 e. The van der Waals surface area contributed by atoms with Crippen molar-refractivity contribution < 1.29 is 13.9 Å². The zero-order chi connectivity index (χ0) is 20.4. The van der Waals surface area contributed by atoms with Gasteiger partial charge in [-0.25, -0.2) is 4.98 Å². The van der Waals surface area contributed by atoms with E-state index in [-0.39, 0.29) is 0 Å². The summed E-state index contributed by atoms with van der Waals surface area (Å²) in [6.07, 6.45) is 3.56. The molecule has 1 atom stereocenters. The summed E-state index contributed by atoms with van der Waals surface area (Å²) in [6.45, 7) is 2.71. The van der Waals surface area contributed by atoms with Crippen LogP contribution in [0.25, 0.3) is 11.5 Å². The number of benzene rings is 2. The van der Waals surface area contributed by atoms with Gasteiger partial charge in [0.15, 0.2) is 11.5 Å². The SMILES string of the molecule is COc1cccc(-c2nc(CN(C)[C@H]3CCCc4ccccc43)c(C)o2)c1OC. The second-order valence-corrected chi connectivity index (χ2v) is 7.58. The number of para-hydroxylation sites is 1. The van der Waals surface area contributed by atoms with Crippen LogP contribution in [-0.4, -0.2) is 31.2 Å². The lowest BCUT2D eigenvalue weighted by Gasteiger charge is -2.33. The van der Waals surface area contributed by atoms with Crippen molar-refractivity contribution in [3.63, 3.8) is 0 Å². The van der Waals surface area contributed by atoms with Crippen molar-refractivity contribution in [2.45, 2.75) is 38.8 Å². The smallest absolute Gasteiger partial charge is 0.230 e. The van der Waals surface area contributed by atoms with E-state index in [2.05, 4.69) is 36.2 Å². The summed E-state index contributed by atoms with van der Waals surface area (Å²) in [5.41, 5.74) is 4.66. The van der Waals surface area contributed by atoms with E-state index in [9.17, 15) is 0 Å². The molecule has 0 spiro atoms. The van der Waals surface area contributed by atoms with Gasteiger partial charge in [0, 0.05) is 12.6 Å². The summed E-state index contributed by atoms with van der Waals surface area (Å²) in [5.74, 6) is 2.70. The molecule has 4 rings (SSSR count). The molecular formula is C24H28N2O3. The third-order valence-corrected chi connectivity index (χ3v) is 5.80. The zero-order valence-electron chi connectivity index (χ0n) is 17.6. The molecule has 2 aromatic carbocycles. The van der Waals surface area contributed by atoms with Gasteiger partial charge < -0.3 is 13.9 Å². The van der Waals surface area contributed by atoms with Crippen LogP contribution in [0, 0.1) is 6.92 Å². The first-order chi connectivity index (χ1) is 14.1. The van der Waals surface area contributed by atoms with Gasteiger partial charge in [-0.1, -0.05) is 30.3 Å². The normalized spacial score (nSPS) is 16.0. The standard InChI is InChI=1S/C24H28N2O3/c1-16-20(15-26(2)21-13-7-10-17-9-5-6-11-18(17)21)25-24(29-16)19-12-8-14-22(27-3)23(19)28-4/h5-6,8-9,11-12,14,21H,7,10,13,15H2,1-4H3/t21-/m0/s1. The Hall–Kier alpha value is -2.79. The number of methoxy groups -OCH3 is 2. The molecule has 3 aromatic rings. The highest BCUT2D eigenvalue weighted by Gasteiger charge is 2.25. The van der Waals surface area contributed by atoms with Crippen LogP contribution < -0.4 is 9.47 Å². The summed E-state index contributed by atoms with van der Waals surface area (Å²) in [5, 5.41) is 0. The number of nitrogens with zero attached hydrogens (tertiary/aromatic N) is 2. The molecule has 0 radical (unpaired) electrons. The van der Waals surface area contributed by atoms with E-state index in [0.717, 1.165) is 23.6 Å². The number of fused-ring (bicyclic) bond motifs is 1. The van der Waals surface area contributed by atoms with Crippen LogP contribution in [0.5, 0.6) is 11.5 Å². The molecule has 0 amide bonds. The van der Waals surface area contributed by atoms with Gasteiger partial charge in [-0.05, 0) is 56.5 Å². The highest BCUT2D eigenvalue weighted by molar-refractivity contribution is 5.68. The number of oxazole rings is 1. The molecule has 0 N–H and O–H groups in total. The Morgan fingerprint density at radius 3 is 2.72 bits per heavy atom. The molecule has 0 unspecified atom stereocenters. The Bertz CT molecular complexity index is 996. The van der Waals surface area contributed by atoms with E-state index in [1.165, 1.54) is 30.4 Å². The monoisotopic (exact) mass is 392 g/mol. The Kier molecular flexibility index (Phi) is 5.58. The Balaban J connectivity index is 1.60. The number of ether oxygens (including phenoxy) is 2. The fourth-order valence-electron chi connectivity index (χ4n) is 4.28. The quantitative estimate of drug-likeness (QED) is 0.579. The van der Waals surface area contributed by atoms with Crippen LogP contribution >= 0.6 is 0 Å². The highest BCUT2D eigenvalue weighted by atomic mass is 16.5. The number of hydrogen-bond acceptors (Lipinski definition) is 5. The number of aromatic nitrogens is 1. The lowest BCUT2D eigenvalue weighted by atomic mass is 9.87. The van der Waals surface area contributed by atoms with Crippen molar-refractivity contribution in [3.8, 4) is 23.0 Å². The second-order valence-electron chi connectivity index (χ2n) is 7.58. The van der Waals surface area contributed by atoms with Gasteiger partial charge in [0.25, 0.3) is 0 Å². The van der Waals surface area contributed by atoms with Gasteiger partial charge in [-0.2, -0.15) is 0 Å². The van der Waals surface area contributed by atoms with Crippen LogP contribution in [-0.2, 0) is 13.0 Å². The van der Waals surface area contributed by atoms with Crippen LogP contribution in [0.4, 0.5) is 0 Å². The van der Waals surface area contributed by atoms with E-state index >= 15 is 0 Å². The van der Waals surface area contributed by atoms with E-state index in [0.29, 0.717) is 23.4 Å². The first-order valence-electron chi connectivity index (χ1n) is 10.1.